The lowest BCUT2D eigenvalue weighted by atomic mass is 9.57. The third-order valence-electron chi connectivity index (χ3n) is 7.68. The van der Waals surface area contributed by atoms with Gasteiger partial charge in [-0.05, 0) is 69.1 Å². The van der Waals surface area contributed by atoms with Crippen LogP contribution in [0.5, 0.6) is 0 Å². The van der Waals surface area contributed by atoms with E-state index in [1.807, 2.05) is 31.2 Å². The van der Waals surface area contributed by atoms with Crippen LogP contribution in [0.2, 0.25) is 5.02 Å². The average Bonchev–Trinajstić information content (AvgIpc) is 2.92. The van der Waals surface area contributed by atoms with Crippen molar-refractivity contribution in [2.75, 3.05) is 0 Å². The number of rotatable bonds is 4. The summed E-state index contributed by atoms with van der Waals surface area (Å²) in [4.78, 5) is 24.9. The van der Waals surface area contributed by atoms with Gasteiger partial charge < -0.3 is 9.47 Å². The number of carbonyl (C=O) groups excluding carboxylic acids is 1. The number of hydrogen-bond donors (Lipinski definition) is 0. The SMILES string of the molecule is C[C@@H]1CC[C@H]2[C@@H](CCCc3ccc(Cl)cc3)C(=O)O[C@@H]3O[C@@]4(C)CCC1[C@]32OO4. The summed E-state index contributed by atoms with van der Waals surface area (Å²) in [5.41, 5.74) is 0.558. The average molecular weight is 421 g/mol. The molecule has 5 fully saturated rings. The van der Waals surface area contributed by atoms with Crippen LogP contribution in [0, 0.1) is 23.7 Å². The van der Waals surface area contributed by atoms with E-state index in [2.05, 4.69) is 6.92 Å². The Labute approximate surface area is 176 Å². The van der Waals surface area contributed by atoms with Crippen LogP contribution in [-0.2, 0) is 30.5 Å². The lowest BCUT2D eigenvalue weighted by Crippen LogP contribution is -2.70. The first kappa shape index (κ1) is 19.8. The minimum absolute atomic E-state index is 0.0721. The van der Waals surface area contributed by atoms with Crippen molar-refractivity contribution in [2.45, 2.75) is 76.5 Å². The van der Waals surface area contributed by atoms with Gasteiger partial charge in [0.25, 0.3) is 0 Å². The fourth-order valence-electron chi connectivity index (χ4n) is 6.11. The van der Waals surface area contributed by atoms with Crippen molar-refractivity contribution >= 4 is 17.6 Å². The molecule has 158 valence electrons. The summed E-state index contributed by atoms with van der Waals surface area (Å²) in [6.07, 6.45) is 5.71. The highest BCUT2D eigenvalue weighted by atomic mass is 35.5. The number of benzene rings is 1. The first-order valence-electron chi connectivity index (χ1n) is 10.9. The summed E-state index contributed by atoms with van der Waals surface area (Å²) in [5.74, 6) is -0.310. The van der Waals surface area contributed by atoms with Crippen molar-refractivity contribution in [3.05, 3.63) is 34.9 Å². The molecule has 0 amide bonds. The smallest absolute Gasteiger partial charge is 0.311 e. The second kappa shape index (κ2) is 7.23. The molecule has 1 unspecified atom stereocenters. The zero-order valence-electron chi connectivity index (χ0n) is 17.1. The maximum absolute atomic E-state index is 13.0. The Balaban J connectivity index is 1.37. The third-order valence-corrected chi connectivity index (χ3v) is 7.93. The monoisotopic (exact) mass is 420 g/mol. The second-order valence-electron chi connectivity index (χ2n) is 9.47. The summed E-state index contributed by atoms with van der Waals surface area (Å²) in [6, 6.07) is 7.92. The molecule has 1 aliphatic carbocycles. The Hall–Kier alpha value is -1.14. The molecule has 1 aromatic carbocycles. The highest BCUT2D eigenvalue weighted by Gasteiger charge is 2.70. The highest BCUT2D eigenvalue weighted by Crippen LogP contribution is 2.60. The number of aryl methyl sites for hydroxylation is 1. The van der Waals surface area contributed by atoms with Crippen LogP contribution in [0.3, 0.4) is 0 Å². The summed E-state index contributed by atoms with van der Waals surface area (Å²) < 4.78 is 12.1. The van der Waals surface area contributed by atoms with Crippen LogP contribution in [0.25, 0.3) is 0 Å². The summed E-state index contributed by atoms with van der Waals surface area (Å²) in [5, 5.41) is 0.743. The van der Waals surface area contributed by atoms with Gasteiger partial charge in [0.2, 0.25) is 12.1 Å². The number of carbonyl (C=O) groups is 1. The van der Waals surface area contributed by atoms with E-state index in [0.717, 1.165) is 50.0 Å². The Morgan fingerprint density at radius 3 is 2.69 bits per heavy atom. The van der Waals surface area contributed by atoms with Crippen LogP contribution >= 0.6 is 11.6 Å². The van der Waals surface area contributed by atoms with Crippen LogP contribution in [0.4, 0.5) is 0 Å². The van der Waals surface area contributed by atoms with E-state index in [1.165, 1.54) is 5.56 Å². The molecule has 0 N–H and O–H groups in total. The van der Waals surface area contributed by atoms with Crippen LogP contribution in [-0.4, -0.2) is 23.6 Å². The minimum atomic E-state index is -0.834. The van der Waals surface area contributed by atoms with Gasteiger partial charge in [-0.15, -0.1) is 0 Å². The third kappa shape index (κ3) is 3.21. The number of fused-ring (bicyclic) bond motifs is 2. The zero-order valence-corrected chi connectivity index (χ0v) is 17.8. The first-order valence-corrected chi connectivity index (χ1v) is 11.3. The Kier molecular flexibility index (Phi) is 4.93. The van der Waals surface area contributed by atoms with Gasteiger partial charge in [0.15, 0.2) is 5.60 Å². The van der Waals surface area contributed by atoms with Gasteiger partial charge >= 0.3 is 5.97 Å². The maximum Gasteiger partial charge on any atom is 0.311 e. The number of ether oxygens (including phenoxy) is 2. The Morgan fingerprint density at radius 1 is 1.10 bits per heavy atom. The highest BCUT2D eigenvalue weighted by molar-refractivity contribution is 6.30. The largest absolute Gasteiger partial charge is 0.432 e. The van der Waals surface area contributed by atoms with Gasteiger partial charge in [-0.2, -0.15) is 0 Å². The van der Waals surface area contributed by atoms with Crippen molar-refractivity contribution in [2.24, 2.45) is 23.7 Å². The van der Waals surface area contributed by atoms with Gasteiger partial charge in [0, 0.05) is 23.3 Å². The zero-order chi connectivity index (χ0) is 20.2. The molecular formula is C23H29ClO5. The second-order valence-corrected chi connectivity index (χ2v) is 9.91. The van der Waals surface area contributed by atoms with Gasteiger partial charge in [-0.3, -0.25) is 4.79 Å². The van der Waals surface area contributed by atoms with Crippen molar-refractivity contribution in [3.8, 4) is 0 Å². The molecule has 5 nitrogen and oxygen atoms in total. The normalized spacial score (nSPS) is 43.4. The Morgan fingerprint density at radius 2 is 1.90 bits per heavy atom. The summed E-state index contributed by atoms with van der Waals surface area (Å²) in [7, 11) is 0. The van der Waals surface area contributed by atoms with E-state index in [4.69, 9.17) is 30.8 Å². The molecule has 1 saturated carbocycles. The van der Waals surface area contributed by atoms with E-state index < -0.39 is 17.7 Å². The first-order chi connectivity index (χ1) is 13.9. The molecule has 1 aromatic rings. The van der Waals surface area contributed by atoms with Crippen molar-refractivity contribution in [1.82, 2.24) is 0 Å². The predicted octanol–water partition coefficient (Wildman–Crippen LogP) is 5.05. The standard InChI is InChI=1S/C23H29ClO5/c1-14-6-11-19-17(5-3-4-15-7-9-16(24)10-8-15)20(25)26-21-23(19)18(14)12-13-22(2,27-21)28-29-23/h7-10,14,17-19,21H,3-6,11-13H2,1-2H3/t14-,17-,18?,19+,21-,22-,23-/m1/s1. The summed E-state index contributed by atoms with van der Waals surface area (Å²) >= 11 is 5.98. The van der Waals surface area contributed by atoms with Gasteiger partial charge in [-0.25, -0.2) is 9.78 Å². The molecule has 0 aromatic heterocycles. The van der Waals surface area contributed by atoms with Gasteiger partial charge in [0.05, 0.1) is 5.92 Å². The topological polar surface area (TPSA) is 54.0 Å². The molecule has 7 atom stereocenters. The van der Waals surface area contributed by atoms with E-state index in [9.17, 15) is 4.79 Å². The predicted molar refractivity (Wildman–Crippen MR) is 107 cm³/mol. The van der Waals surface area contributed by atoms with Crippen molar-refractivity contribution < 1.29 is 24.0 Å². The molecule has 4 aliphatic heterocycles. The number of hydrogen-bond acceptors (Lipinski definition) is 5. The molecule has 0 radical (unpaired) electrons. The molecule has 6 rings (SSSR count). The minimum Gasteiger partial charge on any atom is -0.432 e. The fraction of sp³-hybridized carbons (Fsp3) is 0.696. The fourth-order valence-corrected chi connectivity index (χ4v) is 6.24. The van der Waals surface area contributed by atoms with Crippen molar-refractivity contribution in [1.29, 1.82) is 0 Å². The molecule has 4 saturated heterocycles. The van der Waals surface area contributed by atoms with Crippen molar-refractivity contribution in [3.63, 3.8) is 0 Å². The molecule has 1 spiro atoms. The lowest BCUT2D eigenvalue weighted by Gasteiger charge is -2.58. The summed E-state index contributed by atoms with van der Waals surface area (Å²) in [6.45, 7) is 4.16. The number of halogens is 1. The maximum atomic E-state index is 13.0. The quantitative estimate of drug-likeness (QED) is 0.503. The lowest BCUT2D eigenvalue weighted by molar-refractivity contribution is -0.559. The van der Waals surface area contributed by atoms with Crippen LogP contribution in [0.15, 0.2) is 24.3 Å². The van der Waals surface area contributed by atoms with E-state index in [-0.39, 0.29) is 23.7 Å². The molecule has 29 heavy (non-hydrogen) atoms. The van der Waals surface area contributed by atoms with Crippen LogP contribution < -0.4 is 0 Å². The van der Waals surface area contributed by atoms with E-state index >= 15 is 0 Å². The molecule has 4 heterocycles. The molecule has 2 bridgehead atoms. The van der Waals surface area contributed by atoms with E-state index in [1.54, 1.807) is 0 Å². The van der Waals surface area contributed by atoms with Gasteiger partial charge in [0.1, 0.15) is 0 Å². The number of esters is 1. The van der Waals surface area contributed by atoms with E-state index in [0.29, 0.717) is 5.92 Å². The molecule has 6 heteroatoms. The van der Waals surface area contributed by atoms with Crippen LogP contribution in [0.1, 0.15) is 57.9 Å². The molecule has 5 aliphatic rings. The Bertz CT molecular complexity index is 782. The molecular weight excluding hydrogens is 392 g/mol. The van der Waals surface area contributed by atoms with Gasteiger partial charge in [-0.1, -0.05) is 30.7 Å².